The molecule has 1 N–H and O–H groups in total. The van der Waals surface area contributed by atoms with E-state index < -0.39 is 0 Å². The van der Waals surface area contributed by atoms with Gasteiger partial charge in [0.25, 0.3) is 0 Å². The number of piperazine rings is 1. The SMILES string of the molecule is CC1CN(CC(=O)N2CCCC3CCCCC32)CC(C)N1.Cl. The number of hydrogen-bond acceptors (Lipinski definition) is 3. The third kappa shape index (κ3) is 4.15. The van der Waals surface area contributed by atoms with Gasteiger partial charge in [0.1, 0.15) is 0 Å². The normalized spacial score (nSPS) is 36.4. The Bertz CT molecular complexity index is 367. The van der Waals surface area contributed by atoms with Gasteiger partial charge in [-0.05, 0) is 45.4 Å². The predicted octanol–water partition coefficient (Wildman–Crippen LogP) is 2.27. The summed E-state index contributed by atoms with van der Waals surface area (Å²) in [4.78, 5) is 17.4. The largest absolute Gasteiger partial charge is 0.338 e. The lowest BCUT2D eigenvalue weighted by Crippen LogP contribution is -2.58. The van der Waals surface area contributed by atoms with Gasteiger partial charge in [-0.1, -0.05) is 12.8 Å². The number of carbonyl (C=O) groups excluding carboxylic acids is 1. The molecule has 0 aromatic heterocycles. The molecule has 0 aromatic carbocycles. The van der Waals surface area contributed by atoms with Crippen LogP contribution in [0.15, 0.2) is 0 Å². The third-order valence-electron chi connectivity index (χ3n) is 5.56. The van der Waals surface area contributed by atoms with Crippen molar-refractivity contribution >= 4 is 18.3 Å². The zero-order chi connectivity index (χ0) is 14.8. The monoisotopic (exact) mass is 329 g/mol. The fourth-order valence-corrected chi connectivity index (χ4v) is 4.79. The second kappa shape index (κ2) is 7.98. The first-order valence-corrected chi connectivity index (χ1v) is 8.91. The van der Waals surface area contributed by atoms with Gasteiger partial charge in [0.2, 0.25) is 5.91 Å². The molecule has 1 saturated carbocycles. The number of likely N-dealkylation sites (tertiary alicyclic amines) is 1. The van der Waals surface area contributed by atoms with Crippen molar-refractivity contribution < 1.29 is 4.79 Å². The van der Waals surface area contributed by atoms with Crippen LogP contribution in [-0.2, 0) is 4.79 Å². The van der Waals surface area contributed by atoms with Crippen molar-refractivity contribution in [3.8, 4) is 0 Å². The summed E-state index contributed by atoms with van der Waals surface area (Å²) in [6.45, 7) is 8.04. The lowest BCUT2D eigenvalue weighted by Gasteiger charge is -2.45. The smallest absolute Gasteiger partial charge is 0.237 e. The molecule has 2 aliphatic heterocycles. The van der Waals surface area contributed by atoms with Crippen LogP contribution in [0, 0.1) is 5.92 Å². The molecule has 22 heavy (non-hydrogen) atoms. The number of fused-ring (bicyclic) bond motifs is 1. The minimum Gasteiger partial charge on any atom is -0.338 e. The summed E-state index contributed by atoms with van der Waals surface area (Å²) in [7, 11) is 0. The van der Waals surface area contributed by atoms with Gasteiger partial charge < -0.3 is 10.2 Å². The molecule has 0 aromatic rings. The van der Waals surface area contributed by atoms with Gasteiger partial charge in [-0.3, -0.25) is 9.69 Å². The molecule has 3 fully saturated rings. The molecule has 128 valence electrons. The first-order valence-electron chi connectivity index (χ1n) is 8.91. The quantitative estimate of drug-likeness (QED) is 0.844. The van der Waals surface area contributed by atoms with E-state index in [4.69, 9.17) is 0 Å². The Labute approximate surface area is 141 Å². The summed E-state index contributed by atoms with van der Waals surface area (Å²) in [5, 5.41) is 3.54. The Hall–Kier alpha value is -0.320. The van der Waals surface area contributed by atoms with E-state index in [1.165, 1.54) is 38.5 Å². The number of rotatable bonds is 2. The maximum Gasteiger partial charge on any atom is 0.237 e. The van der Waals surface area contributed by atoms with Gasteiger partial charge in [-0.2, -0.15) is 0 Å². The number of nitrogens with zero attached hydrogens (tertiary/aromatic N) is 2. The first-order chi connectivity index (χ1) is 10.1. The highest BCUT2D eigenvalue weighted by Crippen LogP contribution is 2.35. The van der Waals surface area contributed by atoms with Crippen molar-refractivity contribution in [3.05, 3.63) is 0 Å². The van der Waals surface area contributed by atoms with Gasteiger partial charge in [0.15, 0.2) is 0 Å². The van der Waals surface area contributed by atoms with Crippen LogP contribution in [0.5, 0.6) is 0 Å². The Morgan fingerprint density at radius 1 is 1.05 bits per heavy atom. The van der Waals surface area contributed by atoms with Gasteiger partial charge in [-0.25, -0.2) is 0 Å². The minimum absolute atomic E-state index is 0. The molecule has 2 saturated heterocycles. The lowest BCUT2D eigenvalue weighted by molar-refractivity contribution is -0.139. The molecule has 0 bridgehead atoms. The number of hydrogen-bond donors (Lipinski definition) is 1. The zero-order valence-corrected chi connectivity index (χ0v) is 14.9. The van der Waals surface area contributed by atoms with E-state index in [0.29, 0.717) is 30.6 Å². The summed E-state index contributed by atoms with van der Waals surface area (Å²) in [5.74, 6) is 1.17. The molecule has 2 heterocycles. The maximum absolute atomic E-state index is 12.8. The number of amides is 1. The summed E-state index contributed by atoms with van der Waals surface area (Å²) >= 11 is 0. The van der Waals surface area contributed by atoms with E-state index >= 15 is 0 Å². The van der Waals surface area contributed by atoms with Crippen LogP contribution in [0.4, 0.5) is 0 Å². The van der Waals surface area contributed by atoms with E-state index in [1.54, 1.807) is 0 Å². The molecule has 3 aliphatic rings. The van der Waals surface area contributed by atoms with E-state index in [1.807, 2.05) is 0 Å². The van der Waals surface area contributed by atoms with Crippen molar-refractivity contribution in [3.63, 3.8) is 0 Å². The third-order valence-corrected chi connectivity index (χ3v) is 5.56. The highest BCUT2D eigenvalue weighted by atomic mass is 35.5. The number of carbonyl (C=O) groups is 1. The average Bonchev–Trinajstić information content (AvgIpc) is 2.45. The second-order valence-electron chi connectivity index (χ2n) is 7.50. The molecule has 0 spiro atoms. The lowest BCUT2D eigenvalue weighted by atomic mass is 9.78. The van der Waals surface area contributed by atoms with E-state index in [0.717, 1.165) is 25.6 Å². The highest BCUT2D eigenvalue weighted by Gasteiger charge is 2.36. The summed E-state index contributed by atoms with van der Waals surface area (Å²) in [6.07, 6.45) is 7.82. The molecule has 0 radical (unpaired) electrons. The van der Waals surface area contributed by atoms with Crippen molar-refractivity contribution in [2.75, 3.05) is 26.2 Å². The molecular formula is C17H32ClN3O. The Balaban J connectivity index is 0.00000176. The molecule has 4 nitrogen and oxygen atoms in total. The summed E-state index contributed by atoms with van der Waals surface area (Å²) in [6, 6.07) is 1.54. The van der Waals surface area contributed by atoms with Crippen LogP contribution in [0.2, 0.25) is 0 Å². The molecular weight excluding hydrogens is 298 g/mol. The van der Waals surface area contributed by atoms with Crippen LogP contribution in [0.3, 0.4) is 0 Å². The molecule has 5 heteroatoms. The average molecular weight is 330 g/mol. The molecule has 1 amide bonds. The van der Waals surface area contributed by atoms with Gasteiger partial charge >= 0.3 is 0 Å². The highest BCUT2D eigenvalue weighted by molar-refractivity contribution is 5.85. The second-order valence-corrected chi connectivity index (χ2v) is 7.50. The topological polar surface area (TPSA) is 35.6 Å². The Kier molecular flexibility index (Phi) is 6.54. The van der Waals surface area contributed by atoms with Gasteiger partial charge in [-0.15, -0.1) is 12.4 Å². The van der Waals surface area contributed by atoms with Crippen LogP contribution < -0.4 is 5.32 Å². The minimum atomic E-state index is 0. The van der Waals surface area contributed by atoms with Gasteiger partial charge in [0.05, 0.1) is 6.54 Å². The van der Waals surface area contributed by atoms with E-state index in [9.17, 15) is 4.79 Å². The van der Waals surface area contributed by atoms with E-state index in [2.05, 4.69) is 29.0 Å². The summed E-state index contributed by atoms with van der Waals surface area (Å²) < 4.78 is 0. The first kappa shape index (κ1) is 18.0. The van der Waals surface area contributed by atoms with Crippen molar-refractivity contribution in [2.45, 2.75) is 70.5 Å². The van der Waals surface area contributed by atoms with Crippen molar-refractivity contribution in [1.82, 2.24) is 15.1 Å². The van der Waals surface area contributed by atoms with Crippen LogP contribution >= 0.6 is 12.4 Å². The Morgan fingerprint density at radius 2 is 1.68 bits per heavy atom. The molecule has 4 unspecified atom stereocenters. The predicted molar refractivity (Wildman–Crippen MR) is 92.4 cm³/mol. The molecule has 1 aliphatic carbocycles. The van der Waals surface area contributed by atoms with Crippen LogP contribution in [0.25, 0.3) is 0 Å². The van der Waals surface area contributed by atoms with Crippen molar-refractivity contribution in [1.29, 1.82) is 0 Å². The number of piperidine rings is 1. The molecule has 4 atom stereocenters. The van der Waals surface area contributed by atoms with Crippen LogP contribution in [0.1, 0.15) is 52.4 Å². The zero-order valence-electron chi connectivity index (χ0n) is 14.1. The number of nitrogens with one attached hydrogen (secondary N) is 1. The van der Waals surface area contributed by atoms with Crippen molar-refractivity contribution in [2.24, 2.45) is 5.92 Å². The van der Waals surface area contributed by atoms with E-state index in [-0.39, 0.29) is 12.4 Å². The maximum atomic E-state index is 12.8. The Morgan fingerprint density at radius 3 is 2.41 bits per heavy atom. The number of halogens is 1. The van der Waals surface area contributed by atoms with Crippen LogP contribution in [-0.4, -0.2) is 60.0 Å². The fourth-order valence-electron chi connectivity index (χ4n) is 4.79. The van der Waals surface area contributed by atoms with Gasteiger partial charge in [0, 0.05) is 37.8 Å². The standard InChI is InChI=1S/C17H31N3O.ClH/c1-13-10-19(11-14(2)18-13)12-17(21)20-9-5-7-15-6-3-4-8-16(15)20;/h13-16,18H,3-12H2,1-2H3;1H. The molecule has 3 rings (SSSR count). The fraction of sp³-hybridized carbons (Fsp3) is 0.941. The summed E-state index contributed by atoms with van der Waals surface area (Å²) in [5.41, 5.74) is 0.